The second kappa shape index (κ2) is 6.22. The van der Waals surface area contributed by atoms with Crippen LogP contribution in [0, 0.1) is 5.82 Å². The van der Waals surface area contributed by atoms with Crippen LogP contribution in [0.25, 0.3) is 11.1 Å². The largest absolute Gasteiger partial charge is 0.497 e. The summed E-state index contributed by atoms with van der Waals surface area (Å²) in [6.45, 7) is 4.96. The molecule has 0 radical (unpaired) electrons. The third-order valence-electron chi connectivity index (χ3n) is 2.91. The number of carbonyl (C=O) groups excluding carboxylic acids is 1. The highest BCUT2D eigenvalue weighted by atomic mass is 19.1. The Kier molecular flexibility index (Phi) is 4.38. The standard InChI is InChI=1S/C17H15FO3/c1-11(2)17(19)21-16-9-6-13(10-15(16)18)12-4-7-14(20-3)8-5-12/h4-10H,1H2,2-3H3. The zero-order chi connectivity index (χ0) is 15.4. The van der Waals surface area contributed by atoms with Gasteiger partial charge < -0.3 is 9.47 Å². The molecule has 0 aromatic heterocycles. The van der Waals surface area contributed by atoms with Gasteiger partial charge in [0.1, 0.15) is 5.75 Å². The summed E-state index contributed by atoms with van der Waals surface area (Å²) in [5.41, 5.74) is 1.74. The SMILES string of the molecule is C=C(C)C(=O)Oc1ccc(-c2ccc(OC)cc2)cc1F. The molecule has 21 heavy (non-hydrogen) atoms. The van der Waals surface area contributed by atoms with E-state index in [9.17, 15) is 9.18 Å². The lowest BCUT2D eigenvalue weighted by Crippen LogP contribution is -2.09. The van der Waals surface area contributed by atoms with Gasteiger partial charge >= 0.3 is 5.97 Å². The van der Waals surface area contributed by atoms with E-state index in [1.165, 1.54) is 19.1 Å². The van der Waals surface area contributed by atoms with Gasteiger partial charge in [-0.3, -0.25) is 0 Å². The predicted octanol–water partition coefficient (Wildman–Crippen LogP) is 3.98. The second-order valence-electron chi connectivity index (χ2n) is 4.54. The average molecular weight is 286 g/mol. The second-order valence-corrected chi connectivity index (χ2v) is 4.54. The lowest BCUT2D eigenvalue weighted by atomic mass is 10.1. The highest BCUT2D eigenvalue weighted by Crippen LogP contribution is 2.27. The molecule has 0 bridgehead atoms. The van der Waals surface area contributed by atoms with Crippen molar-refractivity contribution in [2.24, 2.45) is 0 Å². The van der Waals surface area contributed by atoms with Crippen LogP contribution in [0.1, 0.15) is 6.92 Å². The predicted molar refractivity (Wildman–Crippen MR) is 78.8 cm³/mol. The fourth-order valence-corrected chi connectivity index (χ4v) is 1.73. The van der Waals surface area contributed by atoms with Crippen molar-refractivity contribution >= 4 is 5.97 Å². The number of hydrogen-bond acceptors (Lipinski definition) is 3. The van der Waals surface area contributed by atoms with Gasteiger partial charge in [0.15, 0.2) is 11.6 Å². The number of benzene rings is 2. The normalized spacial score (nSPS) is 10.0. The molecule has 2 aromatic carbocycles. The van der Waals surface area contributed by atoms with Gasteiger partial charge in [0, 0.05) is 5.57 Å². The topological polar surface area (TPSA) is 35.5 Å². The number of rotatable bonds is 4. The Labute approximate surface area is 122 Å². The molecule has 0 amide bonds. The maximum Gasteiger partial charge on any atom is 0.338 e. The Morgan fingerprint density at radius 1 is 1.10 bits per heavy atom. The van der Waals surface area contributed by atoms with Crippen LogP contribution >= 0.6 is 0 Å². The number of carbonyl (C=O) groups is 1. The third-order valence-corrected chi connectivity index (χ3v) is 2.91. The van der Waals surface area contributed by atoms with E-state index in [0.717, 1.165) is 11.3 Å². The first kappa shape index (κ1) is 14.8. The highest BCUT2D eigenvalue weighted by Gasteiger charge is 2.11. The van der Waals surface area contributed by atoms with E-state index in [0.29, 0.717) is 5.56 Å². The number of hydrogen-bond donors (Lipinski definition) is 0. The van der Waals surface area contributed by atoms with Crippen LogP contribution < -0.4 is 9.47 Å². The summed E-state index contributed by atoms with van der Waals surface area (Å²) in [6, 6.07) is 11.7. The molecule has 0 heterocycles. The van der Waals surface area contributed by atoms with Gasteiger partial charge in [0.05, 0.1) is 7.11 Å². The first-order valence-electron chi connectivity index (χ1n) is 6.33. The van der Waals surface area contributed by atoms with E-state index < -0.39 is 11.8 Å². The van der Waals surface area contributed by atoms with E-state index in [4.69, 9.17) is 9.47 Å². The smallest absolute Gasteiger partial charge is 0.338 e. The summed E-state index contributed by atoms with van der Waals surface area (Å²) in [6.07, 6.45) is 0. The van der Waals surface area contributed by atoms with Crippen LogP contribution in [-0.4, -0.2) is 13.1 Å². The Morgan fingerprint density at radius 2 is 1.71 bits per heavy atom. The minimum atomic E-state index is -0.647. The molecule has 0 aliphatic heterocycles. The van der Waals surface area contributed by atoms with Crippen molar-refractivity contribution in [1.82, 2.24) is 0 Å². The van der Waals surface area contributed by atoms with E-state index in [-0.39, 0.29) is 11.3 Å². The zero-order valence-electron chi connectivity index (χ0n) is 11.9. The van der Waals surface area contributed by atoms with Crippen molar-refractivity contribution in [3.63, 3.8) is 0 Å². The van der Waals surface area contributed by atoms with Gasteiger partial charge in [0.2, 0.25) is 0 Å². The molecular formula is C17H15FO3. The summed E-state index contributed by atoms with van der Waals surface area (Å²) in [4.78, 5) is 11.4. The van der Waals surface area contributed by atoms with Crippen molar-refractivity contribution in [3.8, 4) is 22.6 Å². The molecule has 0 fully saturated rings. The summed E-state index contributed by atoms with van der Waals surface area (Å²) in [5, 5.41) is 0. The molecule has 0 N–H and O–H groups in total. The molecule has 2 aromatic rings. The molecule has 2 rings (SSSR count). The number of methoxy groups -OCH3 is 1. The lowest BCUT2D eigenvalue weighted by molar-refractivity contribution is -0.130. The van der Waals surface area contributed by atoms with Crippen LogP contribution in [0.4, 0.5) is 4.39 Å². The molecule has 0 aliphatic carbocycles. The minimum Gasteiger partial charge on any atom is -0.497 e. The Bertz CT molecular complexity index is 675. The molecular weight excluding hydrogens is 271 g/mol. The van der Waals surface area contributed by atoms with Crippen molar-refractivity contribution in [2.45, 2.75) is 6.92 Å². The highest BCUT2D eigenvalue weighted by molar-refractivity contribution is 5.88. The van der Waals surface area contributed by atoms with Gasteiger partial charge in [-0.2, -0.15) is 0 Å². The molecule has 0 atom stereocenters. The van der Waals surface area contributed by atoms with Crippen LogP contribution in [0.5, 0.6) is 11.5 Å². The van der Waals surface area contributed by atoms with Gasteiger partial charge in [-0.05, 0) is 42.3 Å². The van der Waals surface area contributed by atoms with Gasteiger partial charge in [-0.25, -0.2) is 9.18 Å². The Morgan fingerprint density at radius 3 is 2.24 bits per heavy atom. The molecule has 0 saturated carbocycles. The number of esters is 1. The maximum absolute atomic E-state index is 14.0. The fraction of sp³-hybridized carbons (Fsp3) is 0.118. The monoisotopic (exact) mass is 286 g/mol. The third kappa shape index (κ3) is 3.48. The van der Waals surface area contributed by atoms with Crippen LogP contribution in [-0.2, 0) is 4.79 Å². The molecule has 0 unspecified atom stereocenters. The molecule has 3 nitrogen and oxygen atoms in total. The summed E-state index contributed by atoms with van der Waals surface area (Å²) in [5.74, 6) is -0.629. The van der Waals surface area contributed by atoms with E-state index in [2.05, 4.69) is 6.58 Å². The Balaban J connectivity index is 2.25. The fourth-order valence-electron chi connectivity index (χ4n) is 1.73. The molecule has 0 spiro atoms. The van der Waals surface area contributed by atoms with Crippen molar-refractivity contribution < 1.29 is 18.7 Å². The average Bonchev–Trinajstić information content (AvgIpc) is 2.49. The van der Waals surface area contributed by atoms with E-state index in [1.54, 1.807) is 25.3 Å². The first-order valence-corrected chi connectivity index (χ1v) is 6.33. The molecule has 108 valence electrons. The van der Waals surface area contributed by atoms with Crippen LogP contribution in [0.15, 0.2) is 54.6 Å². The quantitative estimate of drug-likeness (QED) is 0.484. The summed E-state index contributed by atoms with van der Waals surface area (Å²) in [7, 11) is 1.58. The summed E-state index contributed by atoms with van der Waals surface area (Å²) >= 11 is 0. The summed E-state index contributed by atoms with van der Waals surface area (Å²) < 4.78 is 23.9. The number of ether oxygens (including phenoxy) is 2. The molecule has 0 aliphatic rings. The zero-order valence-corrected chi connectivity index (χ0v) is 11.9. The maximum atomic E-state index is 14.0. The first-order chi connectivity index (χ1) is 10.0. The van der Waals surface area contributed by atoms with E-state index in [1.807, 2.05) is 12.1 Å². The van der Waals surface area contributed by atoms with Gasteiger partial charge in [0.25, 0.3) is 0 Å². The van der Waals surface area contributed by atoms with E-state index >= 15 is 0 Å². The molecule has 4 heteroatoms. The molecule has 0 saturated heterocycles. The Hall–Kier alpha value is -2.62. The van der Waals surface area contributed by atoms with Crippen LogP contribution in [0.3, 0.4) is 0 Å². The van der Waals surface area contributed by atoms with Crippen molar-refractivity contribution in [3.05, 3.63) is 60.4 Å². The van der Waals surface area contributed by atoms with Crippen molar-refractivity contribution in [2.75, 3.05) is 7.11 Å². The van der Waals surface area contributed by atoms with Crippen LogP contribution in [0.2, 0.25) is 0 Å². The van der Waals surface area contributed by atoms with Gasteiger partial charge in [-0.15, -0.1) is 0 Å². The lowest BCUT2D eigenvalue weighted by Gasteiger charge is -2.08. The minimum absolute atomic E-state index is 0.111. The number of halogens is 1. The van der Waals surface area contributed by atoms with Crippen molar-refractivity contribution in [1.29, 1.82) is 0 Å². The van der Waals surface area contributed by atoms with Gasteiger partial charge in [-0.1, -0.05) is 24.8 Å².